The van der Waals surface area contributed by atoms with Crippen molar-refractivity contribution in [2.75, 3.05) is 13.6 Å². The number of ether oxygens (including phenoxy) is 4. The van der Waals surface area contributed by atoms with E-state index in [2.05, 4.69) is 0 Å². The van der Waals surface area contributed by atoms with Crippen molar-refractivity contribution in [3.8, 4) is 23.0 Å². The van der Waals surface area contributed by atoms with Gasteiger partial charge in [-0.2, -0.15) is 0 Å². The quantitative estimate of drug-likeness (QED) is 0.131. The molecule has 0 aromatic heterocycles. The maximum atomic E-state index is 13.4. The maximum Gasteiger partial charge on any atom is 0.277 e. The standard InChI is InChI=1S/C30H20N2O10S/c33-31(34)25-15-23(9-7-21(25)5-1-19-3-11-27-29(13-19)41-17-39-27)43(37,38)24-10-8-22(26(16-24)32(35)36)6-2-20-4-12-28-30(14-20)42-18-40-28/h1-16H,17-18H2/b5-1+,6-2+. The van der Waals surface area contributed by atoms with Crippen molar-refractivity contribution in [1.29, 1.82) is 0 Å². The summed E-state index contributed by atoms with van der Waals surface area (Å²) in [5.41, 5.74) is 0.810. The van der Waals surface area contributed by atoms with Crippen LogP contribution >= 0.6 is 0 Å². The van der Waals surface area contributed by atoms with Gasteiger partial charge in [0, 0.05) is 12.1 Å². The largest absolute Gasteiger partial charge is 0.454 e. The summed E-state index contributed by atoms with van der Waals surface area (Å²) in [4.78, 5) is 21.6. The van der Waals surface area contributed by atoms with Gasteiger partial charge in [-0.15, -0.1) is 0 Å². The lowest BCUT2D eigenvalue weighted by molar-refractivity contribution is -0.385. The lowest BCUT2D eigenvalue weighted by atomic mass is 10.1. The number of hydrogen-bond donors (Lipinski definition) is 0. The first-order valence-corrected chi connectivity index (χ1v) is 14.1. The van der Waals surface area contributed by atoms with Crippen LogP contribution in [-0.2, 0) is 9.84 Å². The van der Waals surface area contributed by atoms with Gasteiger partial charge in [0.2, 0.25) is 23.4 Å². The average Bonchev–Trinajstić information content (AvgIpc) is 3.67. The molecule has 13 heteroatoms. The second kappa shape index (κ2) is 10.9. The van der Waals surface area contributed by atoms with Gasteiger partial charge in [-0.3, -0.25) is 20.2 Å². The Kier molecular flexibility index (Phi) is 7.00. The van der Waals surface area contributed by atoms with Crippen LogP contribution in [0.5, 0.6) is 23.0 Å². The zero-order valence-corrected chi connectivity index (χ0v) is 22.9. The van der Waals surface area contributed by atoms with Crippen LogP contribution in [0, 0.1) is 20.2 Å². The molecule has 4 aromatic rings. The molecule has 2 aliphatic heterocycles. The summed E-state index contributed by atoms with van der Waals surface area (Å²) in [7, 11) is -4.35. The molecular weight excluding hydrogens is 580 g/mol. The first kappa shape index (κ1) is 27.5. The van der Waals surface area contributed by atoms with Crippen LogP contribution in [-0.4, -0.2) is 31.9 Å². The number of nitro benzene ring substituents is 2. The van der Waals surface area contributed by atoms with E-state index in [0.717, 1.165) is 12.1 Å². The Morgan fingerprint density at radius 3 is 1.40 bits per heavy atom. The normalized spacial score (nSPS) is 13.6. The van der Waals surface area contributed by atoms with E-state index in [9.17, 15) is 28.6 Å². The molecule has 4 aromatic carbocycles. The number of sulfone groups is 1. The van der Waals surface area contributed by atoms with Crippen LogP contribution in [0.3, 0.4) is 0 Å². The minimum absolute atomic E-state index is 0.105. The molecule has 0 N–H and O–H groups in total. The molecule has 0 radical (unpaired) electrons. The third kappa shape index (κ3) is 5.48. The smallest absolute Gasteiger partial charge is 0.277 e. The molecule has 0 unspecified atom stereocenters. The zero-order valence-electron chi connectivity index (χ0n) is 22.0. The van der Waals surface area contributed by atoms with Gasteiger partial charge >= 0.3 is 0 Å². The molecule has 2 aliphatic rings. The highest BCUT2D eigenvalue weighted by atomic mass is 32.2. The Bertz CT molecular complexity index is 1830. The number of hydrogen-bond acceptors (Lipinski definition) is 10. The van der Waals surface area contributed by atoms with Crippen molar-refractivity contribution < 1.29 is 37.2 Å². The van der Waals surface area contributed by atoms with Crippen LogP contribution in [0.15, 0.2) is 82.6 Å². The van der Waals surface area contributed by atoms with Crippen LogP contribution in [0.4, 0.5) is 11.4 Å². The Labute approximate surface area is 244 Å². The Balaban J connectivity index is 1.29. The molecule has 0 bridgehead atoms. The van der Waals surface area contributed by atoms with E-state index in [4.69, 9.17) is 18.9 Å². The van der Waals surface area contributed by atoms with E-state index in [-0.39, 0.29) is 34.5 Å². The number of benzene rings is 4. The predicted molar refractivity (Wildman–Crippen MR) is 155 cm³/mol. The Morgan fingerprint density at radius 1 is 0.558 bits per heavy atom. The fraction of sp³-hybridized carbons (Fsp3) is 0.0667. The molecule has 0 atom stereocenters. The summed E-state index contributed by atoms with van der Waals surface area (Å²) in [6.45, 7) is 0.210. The zero-order chi connectivity index (χ0) is 30.1. The van der Waals surface area contributed by atoms with Crippen LogP contribution in [0.25, 0.3) is 24.3 Å². The van der Waals surface area contributed by atoms with Crippen molar-refractivity contribution in [1.82, 2.24) is 0 Å². The monoisotopic (exact) mass is 600 g/mol. The summed E-state index contributed by atoms with van der Waals surface area (Å²) >= 11 is 0. The highest BCUT2D eigenvalue weighted by Gasteiger charge is 2.25. The van der Waals surface area contributed by atoms with Crippen LogP contribution in [0.1, 0.15) is 22.3 Å². The lowest BCUT2D eigenvalue weighted by Crippen LogP contribution is -2.05. The molecule has 0 fully saturated rings. The SMILES string of the molecule is O=[N+]([O-])c1cc(S(=O)(=O)c2ccc(/C=C/c3ccc4c(c3)OCO4)c([N+](=O)[O-])c2)ccc1/C=C/c1ccc2c(c1)OCO2. The minimum atomic E-state index is -4.35. The van der Waals surface area contributed by atoms with Gasteiger partial charge < -0.3 is 18.9 Å². The van der Waals surface area contributed by atoms with Crippen molar-refractivity contribution >= 4 is 45.5 Å². The van der Waals surface area contributed by atoms with E-state index >= 15 is 0 Å². The van der Waals surface area contributed by atoms with E-state index in [1.54, 1.807) is 48.6 Å². The molecule has 12 nitrogen and oxygen atoms in total. The fourth-order valence-electron chi connectivity index (χ4n) is 4.52. The first-order valence-electron chi connectivity index (χ1n) is 12.7. The lowest BCUT2D eigenvalue weighted by Gasteiger charge is -2.07. The molecule has 0 spiro atoms. The molecule has 6 rings (SSSR count). The predicted octanol–water partition coefficient (Wildman–Crippen LogP) is 6.13. The van der Waals surface area contributed by atoms with E-state index < -0.39 is 31.1 Å². The molecule has 0 saturated heterocycles. The van der Waals surface area contributed by atoms with Crippen molar-refractivity contribution in [2.45, 2.75) is 9.79 Å². The maximum absolute atomic E-state index is 13.4. The molecule has 0 aliphatic carbocycles. The van der Waals surface area contributed by atoms with E-state index in [0.29, 0.717) is 34.1 Å². The van der Waals surface area contributed by atoms with E-state index in [1.807, 2.05) is 0 Å². The second-order valence-electron chi connectivity index (χ2n) is 9.35. The van der Waals surface area contributed by atoms with Gasteiger partial charge in [-0.05, 0) is 71.8 Å². The van der Waals surface area contributed by atoms with Gasteiger partial charge in [-0.1, -0.05) is 24.3 Å². The van der Waals surface area contributed by atoms with Crippen LogP contribution < -0.4 is 18.9 Å². The van der Waals surface area contributed by atoms with Crippen molar-refractivity contribution in [2.24, 2.45) is 0 Å². The molecular formula is C30H20N2O10S. The topological polar surface area (TPSA) is 157 Å². The third-order valence-corrected chi connectivity index (χ3v) is 8.47. The molecule has 43 heavy (non-hydrogen) atoms. The first-order chi connectivity index (χ1) is 20.7. The minimum Gasteiger partial charge on any atom is -0.454 e. The summed E-state index contributed by atoms with van der Waals surface area (Å²) in [5.74, 6) is 2.27. The molecule has 0 amide bonds. The molecule has 216 valence electrons. The summed E-state index contributed by atoms with van der Waals surface area (Å²) in [5, 5.41) is 23.7. The van der Waals surface area contributed by atoms with E-state index in [1.165, 1.54) is 36.4 Å². The Morgan fingerprint density at radius 2 is 0.977 bits per heavy atom. The third-order valence-electron chi connectivity index (χ3n) is 6.72. The highest BCUT2D eigenvalue weighted by molar-refractivity contribution is 7.91. The van der Waals surface area contributed by atoms with Gasteiger partial charge in [0.1, 0.15) is 0 Å². The summed E-state index contributed by atoms with van der Waals surface area (Å²) < 4.78 is 48.1. The van der Waals surface area contributed by atoms with Crippen LogP contribution in [0.2, 0.25) is 0 Å². The summed E-state index contributed by atoms with van der Waals surface area (Å²) in [6.07, 6.45) is 6.21. The highest BCUT2D eigenvalue weighted by Crippen LogP contribution is 2.36. The summed E-state index contributed by atoms with van der Waals surface area (Å²) in [6, 6.07) is 17.3. The number of rotatable bonds is 8. The van der Waals surface area contributed by atoms with Gasteiger partial charge in [-0.25, -0.2) is 8.42 Å². The van der Waals surface area contributed by atoms with Gasteiger partial charge in [0.15, 0.2) is 23.0 Å². The fourth-order valence-corrected chi connectivity index (χ4v) is 5.82. The Hall–Kier alpha value is -5.69. The number of fused-ring (bicyclic) bond motifs is 2. The average molecular weight is 601 g/mol. The molecule has 0 saturated carbocycles. The van der Waals surface area contributed by atoms with Gasteiger partial charge in [0.05, 0.1) is 30.8 Å². The number of nitrogens with zero attached hydrogens (tertiary/aromatic N) is 2. The van der Waals surface area contributed by atoms with Crippen molar-refractivity contribution in [3.63, 3.8) is 0 Å². The molecule has 2 heterocycles. The van der Waals surface area contributed by atoms with Gasteiger partial charge in [0.25, 0.3) is 11.4 Å². The van der Waals surface area contributed by atoms with Crippen molar-refractivity contribution in [3.05, 3.63) is 115 Å². The number of nitro groups is 2. The second-order valence-corrected chi connectivity index (χ2v) is 11.3.